The second-order valence-electron chi connectivity index (χ2n) is 7.22. The second kappa shape index (κ2) is 9.45. The van der Waals surface area contributed by atoms with E-state index < -0.39 is 0 Å². The summed E-state index contributed by atoms with van der Waals surface area (Å²) in [5, 5.41) is 5.35. The molecule has 2 amide bonds. The number of anilines is 2. The number of thioether (sulfide) groups is 1. The standard InChI is InChI=1S/C23H23N3O2S2/c1-16-8-10-17(11-9-16)19-13-30-23(24-19)25-21(27)14-29-15-22(28)26-12-4-6-18-5-2-3-7-20(18)26/h2-3,5,7-11,13H,4,6,12,14-15H2,1H3,(H,24,25,27). The number of nitrogens with one attached hydrogen (secondary N) is 1. The largest absolute Gasteiger partial charge is 0.311 e. The van der Waals surface area contributed by atoms with Gasteiger partial charge in [-0.25, -0.2) is 4.98 Å². The van der Waals surface area contributed by atoms with Crippen molar-refractivity contribution in [2.75, 3.05) is 28.3 Å². The fraction of sp³-hybridized carbons (Fsp3) is 0.261. The topological polar surface area (TPSA) is 62.3 Å². The summed E-state index contributed by atoms with van der Waals surface area (Å²) < 4.78 is 0. The molecule has 0 spiro atoms. The van der Waals surface area contributed by atoms with Crippen LogP contribution in [0.2, 0.25) is 0 Å². The summed E-state index contributed by atoms with van der Waals surface area (Å²) in [6, 6.07) is 16.2. The van der Waals surface area contributed by atoms with Crippen molar-refractivity contribution in [3.8, 4) is 11.3 Å². The number of hydrogen-bond acceptors (Lipinski definition) is 5. The highest BCUT2D eigenvalue weighted by Gasteiger charge is 2.22. The summed E-state index contributed by atoms with van der Waals surface area (Å²) >= 11 is 2.74. The van der Waals surface area contributed by atoms with E-state index in [0.717, 1.165) is 36.3 Å². The van der Waals surface area contributed by atoms with Crippen LogP contribution in [-0.4, -0.2) is 34.8 Å². The molecule has 7 heteroatoms. The Balaban J connectivity index is 1.27. The van der Waals surface area contributed by atoms with Crippen molar-refractivity contribution >= 4 is 45.7 Å². The molecular formula is C23H23N3O2S2. The number of hydrogen-bond donors (Lipinski definition) is 1. The Kier molecular flexibility index (Phi) is 6.50. The van der Waals surface area contributed by atoms with Gasteiger partial charge in [0.05, 0.1) is 17.2 Å². The molecule has 3 aromatic rings. The van der Waals surface area contributed by atoms with Gasteiger partial charge in [-0.2, -0.15) is 0 Å². The van der Waals surface area contributed by atoms with Crippen LogP contribution < -0.4 is 10.2 Å². The second-order valence-corrected chi connectivity index (χ2v) is 9.07. The first-order valence-electron chi connectivity index (χ1n) is 9.88. The van der Waals surface area contributed by atoms with Gasteiger partial charge in [-0.05, 0) is 31.4 Å². The third-order valence-electron chi connectivity index (χ3n) is 4.97. The number of carbonyl (C=O) groups excluding carboxylic acids is 2. The van der Waals surface area contributed by atoms with Crippen molar-refractivity contribution in [1.29, 1.82) is 0 Å². The highest BCUT2D eigenvalue weighted by molar-refractivity contribution is 8.00. The van der Waals surface area contributed by atoms with Crippen LogP contribution in [0.4, 0.5) is 10.8 Å². The van der Waals surface area contributed by atoms with Gasteiger partial charge in [0, 0.05) is 23.2 Å². The predicted molar refractivity (Wildman–Crippen MR) is 125 cm³/mol. The minimum atomic E-state index is -0.142. The van der Waals surface area contributed by atoms with E-state index in [4.69, 9.17) is 0 Å². The summed E-state index contributed by atoms with van der Waals surface area (Å²) in [6.45, 7) is 2.78. The minimum absolute atomic E-state index is 0.0517. The average molecular weight is 438 g/mol. The predicted octanol–water partition coefficient (Wildman–Crippen LogP) is 4.77. The summed E-state index contributed by atoms with van der Waals surface area (Å²) in [5.74, 6) is 0.419. The molecule has 0 fully saturated rings. The quantitative estimate of drug-likeness (QED) is 0.603. The number of nitrogens with zero attached hydrogens (tertiary/aromatic N) is 2. The lowest BCUT2D eigenvalue weighted by atomic mass is 10.0. The van der Waals surface area contributed by atoms with Crippen molar-refractivity contribution in [2.24, 2.45) is 0 Å². The van der Waals surface area contributed by atoms with Gasteiger partial charge in [0.15, 0.2) is 5.13 Å². The van der Waals surface area contributed by atoms with Gasteiger partial charge in [-0.3, -0.25) is 9.59 Å². The number of fused-ring (bicyclic) bond motifs is 1. The van der Waals surface area contributed by atoms with E-state index in [2.05, 4.69) is 16.4 Å². The maximum absolute atomic E-state index is 12.6. The Morgan fingerprint density at radius 1 is 1.13 bits per heavy atom. The van der Waals surface area contributed by atoms with Crippen LogP contribution in [0.5, 0.6) is 0 Å². The van der Waals surface area contributed by atoms with Crippen LogP contribution in [0.25, 0.3) is 11.3 Å². The number of amides is 2. The maximum Gasteiger partial charge on any atom is 0.236 e. The monoisotopic (exact) mass is 437 g/mol. The highest BCUT2D eigenvalue weighted by atomic mass is 32.2. The molecular weight excluding hydrogens is 414 g/mol. The molecule has 1 aliphatic heterocycles. The van der Waals surface area contributed by atoms with E-state index in [1.54, 1.807) is 0 Å². The molecule has 0 atom stereocenters. The zero-order chi connectivity index (χ0) is 20.9. The van der Waals surface area contributed by atoms with Crippen molar-refractivity contribution in [3.63, 3.8) is 0 Å². The fourth-order valence-electron chi connectivity index (χ4n) is 3.45. The van der Waals surface area contributed by atoms with Crippen molar-refractivity contribution in [1.82, 2.24) is 4.98 Å². The Bertz CT molecular complexity index is 1050. The van der Waals surface area contributed by atoms with E-state index in [9.17, 15) is 9.59 Å². The van der Waals surface area contributed by atoms with E-state index in [0.29, 0.717) is 5.13 Å². The zero-order valence-corrected chi connectivity index (χ0v) is 18.4. The van der Waals surface area contributed by atoms with Gasteiger partial charge >= 0.3 is 0 Å². The molecule has 0 aliphatic carbocycles. The minimum Gasteiger partial charge on any atom is -0.311 e. The molecule has 1 aliphatic rings. The number of aromatic nitrogens is 1. The molecule has 0 unspecified atom stereocenters. The summed E-state index contributed by atoms with van der Waals surface area (Å²) in [6.07, 6.45) is 1.98. The lowest BCUT2D eigenvalue weighted by Gasteiger charge is -2.29. The van der Waals surface area contributed by atoms with Crippen molar-refractivity contribution in [2.45, 2.75) is 19.8 Å². The molecule has 30 heavy (non-hydrogen) atoms. The first-order chi connectivity index (χ1) is 14.6. The number of carbonyl (C=O) groups is 2. The third kappa shape index (κ3) is 4.91. The van der Waals surface area contributed by atoms with Gasteiger partial charge in [0.25, 0.3) is 0 Å². The molecule has 0 bridgehead atoms. The van der Waals surface area contributed by atoms with Crippen LogP contribution in [0.15, 0.2) is 53.9 Å². The molecule has 1 aromatic heterocycles. The summed E-state index contributed by atoms with van der Waals surface area (Å²) in [4.78, 5) is 31.3. The maximum atomic E-state index is 12.6. The van der Waals surface area contributed by atoms with Crippen molar-refractivity contribution in [3.05, 3.63) is 65.0 Å². The summed E-state index contributed by atoms with van der Waals surface area (Å²) in [7, 11) is 0. The Morgan fingerprint density at radius 3 is 2.77 bits per heavy atom. The number of para-hydroxylation sites is 1. The average Bonchev–Trinajstić information content (AvgIpc) is 3.22. The SMILES string of the molecule is Cc1ccc(-c2csc(NC(=O)CSCC(=O)N3CCCc4ccccc43)n2)cc1. The molecule has 0 radical (unpaired) electrons. The lowest BCUT2D eigenvalue weighted by molar-refractivity contribution is -0.116. The molecule has 2 aromatic carbocycles. The number of benzene rings is 2. The molecule has 154 valence electrons. The Morgan fingerprint density at radius 2 is 1.93 bits per heavy atom. The molecule has 0 saturated carbocycles. The van der Waals surface area contributed by atoms with Gasteiger partial charge in [-0.15, -0.1) is 23.1 Å². The van der Waals surface area contributed by atoms with Crippen LogP contribution in [-0.2, 0) is 16.0 Å². The van der Waals surface area contributed by atoms with Gasteiger partial charge in [0.1, 0.15) is 0 Å². The zero-order valence-electron chi connectivity index (χ0n) is 16.8. The van der Waals surface area contributed by atoms with Crippen LogP contribution in [0, 0.1) is 6.92 Å². The number of rotatable bonds is 6. The highest BCUT2D eigenvalue weighted by Crippen LogP contribution is 2.28. The molecule has 1 N–H and O–H groups in total. The first kappa shape index (κ1) is 20.6. The number of thiazole rings is 1. The molecule has 4 rings (SSSR count). The Labute approximate surface area is 184 Å². The molecule has 5 nitrogen and oxygen atoms in total. The van der Waals surface area contributed by atoms with E-state index in [1.807, 2.05) is 59.7 Å². The molecule has 2 heterocycles. The van der Waals surface area contributed by atoms with E-state index >= 15 is 0 Å². The van der Waals surface area contributed by atoms with Crippen LogP contribution >= 0.6 is 23.1 Å². The fourth-order valence-corrected chi connectivity index (χ4v) is 4.87. The van der Waals surface area contributed by atoms with Gasteiger partial charge in [0.2, 0.25) is 11.8 Å². The van der Waals surface area contributed by atoms with Gasteiger partial charge < -0.3 is 10.2 Å². The van der Waals surface area contributed by atoms with Gasteiger partial charge in [-0.1, -0.05) is 48.0 Å². The van der Waals surface area contributed by atoms with Crippen LogP contribution in [0.3, 0.4) is 0 Å². The summed E-state index contributed by atoms with van der Waals surface area (Å²) in [5.41, 5.74) is 5.29. The Hall–Kier alpha value is -2.64. The van der Waals surface area contributed by atoms with E-state index in [1.165, 1.54) is 34.2 Å². The van der Waals surface area contributed by atoms with E-state index in [-0.39, 0.29) is 23.3 Å². The first-order valence-corrected chi connectivity index (χ1v) is 11.9. The third-order valence-corrected chi connectivity index (χ3v) is 6.64. The smallest absolute Gasteiger partial charge is 0.236 e. The normalized spacial score (nSPS) is 13.0. The molecule has 0 saturated heterocycles. The van der Waals surface area contributed by atoms with Crippen molar-refractivity contribution < 1.29 is 9.59 Å². The lowest BCUT2D eigenvalue weighted by Crippen LogP contribution is -2.36. The number of aryl methyl sites for hydroxylation is 2. The van der Waals surface area contributed by atoms with Crippen LogP contribution in [0.1, 0.15) is 17.5 Å².